The number of hydrogen-bond acceptors (Lipinski definition) is 3. The lowest BCUT2D eigenvalue weighted by Crippen LogP contribution is -2.38. The van der Waals surface area contributed by atoms with Gasteiger partial charge in [-0.3, -0.25) is 5.84 Å². The van der Waals surface area contributed by atoms with Crippen molar-refractivity contribution in [2.24, 2.45) is 5.84 Å². The van der Waals surface area contributed by atoms with E-state index in [9.17, 15) is 0 Å². The predicted octanol–water partition coefficient (Wildman–Crippen LogP) is 4.83. The first-order chi connectivity index (χ1) is 9.91. The fraction of sp³-hybridized carbons (Fsp3) is 1.00. The minimum absolute atomic E-state index is 0.981. The van der Waals surface area contributed by atoms with Crippen LogP contribution in [0.2, 0.25) is 0 Å². The van der Waals surface area contributed by atoms with Crippen molar-refractivity contribution < 1.29 is 0 Å². The van der Waals surface area contributed by atoms with E-state index in [1.54, 1.807) is 0 Å². The van der Waals surface area contributed by atoms with Crippen molar-refractivity contribution in [3.05, 3.63) is 0 Å². The zero-order chi connectivity index (χ0) is 14.7. The van der Waals surface area contributed by atoms with Crippen LogP contribution in [0.5, 0.6) is 0 Å². The predicted molar refractivity (Wildman–Crippen MR) is 90.3 cm³/mol. The highest BCUT2D eigenvalue weighted by Crippen LogP contribution is 2.13. The first-order valence-corrected chi connectivity index (χ1v) is 9.10. The summed E-state index contributed by atoms with van der Waals surface area (Å²) in [6.07, 6.45) is 21.2. The lowest BCUT2D eigenvalue weighted by molar-refractivity contribution is 0.504. The highest BCUT2D eigenvalue weighted by atomic mass is 15.5. The van der Waals surface area contributed by atoms with Crippen LogP contribution in [-0.2, 0) is 0 Å². The highest BCUT2D eigenvalue weighted by molar-refractivity contribution is 4.50. The second-order valence-corrected chi connectivity index (χ2v) is 6.02. The van der Waals surface area contributed by atoms with Gasteiger partial charge in [0.05, 0.1) is 0 Å². The number of nitrogens with one attached hydrogen (secondary N) is 2. The summed E-state index contributed by atoms with van der Waals surface area (Å²) in [5.74, 6) is 5.13. The Morgan fingerprint density at radius 3 is 1.25 bits per heavy atom. The number of hydrazine groups is 2. The van der Waals surface area contributed by atoms with E-state index in [2.05, 4.69) is 17.9 Å². The van der Waals surface area contributed by atoms with Gasteiger partial charge in [0.15, 0.2) is 0 Å². The van der Waals surface area contributed by atoms with E-state index < -0.39 is 0 Å². The van der Waals surface area contributed by atoms with Gasteiger partial charge in [0.25, 0.3) is 0 Å². The maximum absolute atomic E-state index is 5.13. The molecule has 0 fully saturated rings. The molecule has 0 atom stereocenters. The number of nitrogens with two attached hydrogens (primary N) is 1. The molecule has 0 aromatic heterocycles. The average Bonchev–Trinajstić information content (AvgIpc) is 2.47. The normalized spacial score (nSPS) is 11.1. The standard InChI is InChI=1S/C17H39N3/c1-2-3-4-5-6-7-8-9-10-11-12-13-14-15-16-17-19-20-18/h19-20H,2-18H2,1H3. The Hall–Kier alpha value is -0.120. The van der Waals surface area contributed by atoms with Gasteiger partial charge in [0.1, 0.15) is 0 Å². The van der Waals surface area contributed by atoms with Crippen LogP contribution in [0, 0.1) is 0 Å². The molecule has 0 unspecified atom stereocenters. The van der Waals surface area contributed by atoms with Gasteiger partial charge in [0.2, 0.25) is 0 Å². The topological polar surface area (TPSA) is 50.1 Å². The average molecular weight is 286 g/mol. The molecular formula is C17H39N3. The first kappa shape index (κ1) is 19.9. The maximum atomic E-state index is 5.13. The molecular weight excluding hydrogens is 246 g/mol. The molecule has 4 N–H and O–H groups in total. The smallest absolute Gasteiger partial charge is 0.0113 e. The molecule has 0 rings (SSSR count). The highest BCUT2D eigenvalue weighted by Gasteiger charge is 1.94. The van der Waals surface area contributed by atoms with Crippen molar-refractivity contribution in [3.63, 3.8) is 0 Å². The lowest BCUT2D eigenvalue weighted by Gasteiger charge is -2.04. The number of unbranched alkanes of at least 4 members (excludes halogenated alkanes) is 14. The monoisotopic (exact) mass is 285 g/mol. The van der Waals surface area contributed by atoms with E-state index in [-0.39, 0.29) is 0 Å². The molecule has 122 valence electrons. The van der Waals surface area contributed by atoms with Crippen LogP contribution in [0.15, 0.2) is 0 Å². The summed E-state index contributed by atoms with van der Waals surface area (Å²) in [5.41, 5.74) is 5.39. The van der Waals surface area contributed by atoms with Crippen molar-refractivity contribution in [2.45, 2.75) is 103 Å². The van der Waals surface area contributed by atoms with Gasteiger partial charge in [-0.2, -0.15) is 5.53 Å². The molecule has 0 aliphatic carbocycles. The fourth-order valence-corrected chi connectivity index (χ4v) is 2.66. The largest absolute Gasteiger partial charge is 0.258 e. The summed E-state index contributed by atoms with van der Waals surface area (Å²) in [5, 5.41) is 0. The maximum Gasteiger partial charge on any atom is 0.0113 e. The summed E-state index contributed by atoms with van der Waals surface area (Å²) < 4.78 is 0. The second kappa shape index (κ2) is 18.9. The second-order valence-electron chi connectivity index (χ2n) is 6.02. The van der Waals surface area contributed by atoms with E-state index in [0.717, 1.165) is 6.54 Å². The van der Waals surface area contributed by atoms with Crippen molar-refractivity contribution in [3.8, 4) is 0 Å². The first-order valence-electron chi connectivity index (χ1n) is 9.10. The molecule has 0 aliphatic rings. The molecule has 0 heterocycles. The molecule has 3 heteroatoms. The van der Waals surface area contributed by atoms with E-state index in [1.165, 1.54) is 96.3 Å². The third kappa shape index (κ3) is 17.9. The van der Waals surface area contributed by atoms with Gasteiger partial charge in [-0.25, -0.2) is 5.43 Å². The molecule has 0 saturated heterocycles. The van der Waals surface area contributed by atoms with Crippen LogP contribution in [0.4, 0.5) is 0 Å². The molecule has 0 aromatic rings. The molecule has 0 spiro atoms. The molecule has 0 radical (unpaired) electrons. The Morgan fingerprint density at radius 1 is 0.550 bits per heavy atom. The molecule has 0 amide bonds. The molecule has 0 saturated carbocycles. The summed E-state index contributed by atoms with van der Waals surface area (Å²) in [6, 6.07) is 0. The van der Waals surface area contributed by atoms with Crippen LogP contribution in [0.3, 0.4) is 0 Å². The Kier molecular flexibility index (Phi) is 18.8. The molecule has 3 nitrogen and oxygen atoms in total. The molecule has 20 heavy (non-hydrogen) atoms. The summed E-state index contributed by atoms with van der Waals surface area (Å²) >= 11 is 0. The van der Waals surface area contributed by atoms with Crippen LogP contribution in [-0.4, -0.2) is 6.54 Å². The Balaban J connectivity index is 2.89. The van der Waals surface area contributed by atoms with Gasteiger partial charge in [-0.1, -0.05) is 96.8 Å². The van der Waals surface area contributed by atoms with E-state index in [1.807, 2.05) is 0 Å². The molecule has 0 aliphatic heterocycles. The summed E-state index contributed by atoms with van der Waals surface area (Å²) in [4.78, 5) is 0. The fourth-order valence-electron chi connectivity index (χ4n) is 2.66. The Morgan fingerprint density at radius 2 is 0.900 bits per heavy atom. The molecule has 0 bridgehead atoms. The van der Waals surface area contributed by atoms with Crippen LogP contribution >= 0.6 is 0 Å². The van der Waals surface area contributed by atoms with E-state index in [4.69, 9.17) is 5.84 Å². The van der Waals surface area contributed by atoms with Crippen molar-refractivity contribution in [1.82, 2.24) is 11.0 Å². The summed E-state index contributed by atoms with van der Waals surface area (Å²) in [7, 11) is 0. The summed E-state index contributed by atoms with van der Waals surface area (Å²) in [6.45, 7) is 3.27. The SMILES string of the molecule is CCCCCCCCCCCCCCCCCNNN. The third-order valence-electron chi connectivity index (χ3n) is 4.01. The quantitative estimate of drug-likeness (QED) is 0.204. The van der Waals surface area contributed by atoms with Crippen molar-refractivity contribution >= 4 is 0 Å². The number of hydrogen-bond donors (Lipinski definition) is 3. The minimum atomic E-state index is 0.981. The van der Waals surface area contributed by atoms with Gasteiger partial charge >= 0.3 is 0 Å². The molecule has 0 aromatic carbocycles. The van der Waals surface area contributed by atoms with Crippen LogP contribution < -0.4 is 16.8 Å². The Bertz CT molecular complexity index is 144. The lowest BCUT2D eigenvalue weighted by atomic mass is 10.0. The number of rotatable bonds is 17. The zero-order valence-corrected chi connectivity index (χ0v) is 13.9. The van der Waals surface area contributed by atoms with Gasteiger partial charge < -0.3 is 0 Å². The Labute approximate surface area is 127 Å². The van der Waals surface area contributed by atoms with Crippen molar-refractivity contribution in [1.29, 1.82) is 0 Å². The van der Waals surface area contributed by atoms with Gasteiger partial charge in [-0.05, 0) is 6.42 Å². The zero-order valence-electron chi connectivity index (χ0n) is 13.9. The minimum Gasteiger partial charge on any atom is -0.258 e. The van der Waals surface area contributed by atoms with E-state index in [0.29, 0.717) is 0 Å². The third-order valence-corrected chi connectivity index (χ3v) is 4.01. The van der Waals surface area contributed by atoms with Crippen LogP contribution in [0.25, 0.3) is 0 Å². The van der Waals surface area contributed by atoms with Crippen molar-refractivity contribution in [2.75, 3.05) is 6.54 Å². The van der Waals surface area contributed by atoms with E-state index >= 15 is 0 Å². The van der Waals surface area contributed by atoms with Gasteiger partial charge in [-0.15, -0.1) is 0 Å². The van der Waals surface area contributed by atoms with Gasteiger partial charge in [0, 0.05) is 6.54 Å². The van der Waals surface area contributed by atoms with Crippen LogP contribution in [0.1, 0.15) is 103 Å².